The molecule has 3 aromatic rings. The van der Waals surface area contributed by atoms with E-state index in [-0.39, 0.29) is 11.6 Å². The molecule has 1 fully saturated rings. The van der Waals surface area contributed by atoms with Crippen LogP contribution in [0.5, 0.6) is 5.75 Å². The molecule has 0 bridgehead atoms. The van der Waals surface area contributed by atoms with Crippen LogP contribution in [0.2, 0.25) is 0 Å². The number of para-hydroxylation sites is 1. The van der Waals surface area contributed by atoms with Crippen LogP contribution in [0.3, 0.4) is 0 Å². The molecule has 0 amide bonds. The zero-order chi connectivity index (χ0) is 16.5. The Morgan fingerprint density at radius 3 is 2.62 bits per heavy atom. The maximum absolute atomic E-state index is 13.3. The number of hydrogen-bond acceptors (Lipinski definition) is 5. The first kappa shape index (κ1) is 15.4. The lowest BCUT2D eigenvalue weighted by molar-refractivity contribution is 0.249. The van der Waals surface area contributed by atoms with Gasteiger partial charge in [-0.25, -0.2) is 9.37 Å². The van der Waals surface area contributed by atoms with E-state index in [1.54, 1.807) is 29.5 Å². The molecular weight excluding hydrogens is 325 g/mol. The summed E-state index contributed by atoms with van der Waals surface area (Å²) in [5.74, 6) is 0.0557. The minimum Gasteiger partial charge on any atom is -0.506 e. The van der Waals surface area contributed by atoms with Gasteiger partial charge >= 0.3 is 0 Å². The normalized spacial score (nSPS) is 16.0. The minimum absolute atomic E-state index is 0.180. The standard InChI is InChI=1S/C18H18FN3OS/c19-14-4-1-3-13(11-14)12-21-7-9-22(10-8-21)18-20-17-15(23)5-2-6-16(17)24-18/h1-6,11,23H,7-10,12H2. The van der Waals surface area contributed by atoms with E-state index in [0.29, 0.717) is 5.52 Å². The predicted octanol–water partition coefficient (Wildman–Crippen LogP) is 3.46. The van der Waals surface area contributed by atoms with E-state index in [0.717, 1.165) is 48.1 Å². The first-order valence-corrected chi connectivity index (χ1v) is 8.81. The molecule has 0 radical (unpaired) electrons. The molecule has 2 heterocycles. The SMILES string of the molecule is Oc1cccc2sc(N3CCN(Cc4cccc(F)c4)CC3)nc12. The fourth-order valence-electron chi connectivity index (χ4n) is 3.05. The summed E-state index contributed by atoms with van der Waals surface area (Å²) >= 11 is 1.61. The molecule has 1 saturated heterocycles. The van der Waals surface area contributed by atoms with Crippen LogP contribution in [-0.2, 0) is 6.54 Å². The van der Waals surface area contributed by atoms with Gasteiger partial charge in [-0.05, 0) is 29.8 Å². The first-order chi connectivity index (χ1) is 11.7. The van der Waals surface area contributed by atoms with Crippen LogP contribution in [-0.4, -0.2) is 41.2 Å². The number of fused-ring (bicyclic) bond motifs is 1. The third-order valence-electron chi connectivity index (χ3n) is 4.32. The van der Waals surface area contributed by atoms with Crippen LogP contribution in [0.1, 0.15) is 5.56 Å². The molecule has 0 spiro atoms. The maximum atomic E-state index is 13.3. The Labute approximate surface area is 143 Å². The van der Waals surface area contributed by atoms with E-state index in [2.05, 4.69) is 14.8 Å². The lowest BCUT2D eigenvalue weighted by Gasteiger charge is -2.34. The molecule has 1 N–H and O–H groups in total. The van der Waals surface area contributed by atoms with Gasteiger partial charge in [-0.1, -0.05) is 29.5 Å². The number of aromatic hydroxyl groups is 1. The van der Waals surface area contributed by atoms with E-state index in [9.17, 15) is 9.50 Å². The fraction of sp³-hybridized carbons (Fsp3) is 0.278. The molecule has 4 nitrogen and oxygen atoms in total. The van der Waals surface area contributed by atoms with Crippen molar-refractivity contribution in [2.24, 2.45) is 0 Å². The molecule has 0 aliphatic carbocycles. The van der Waals surface area contributed by atoms with E-state index >= 15 is 0 Å². The Balaban J connectivity index is 1.42. The molecular formula is C18H18FN3OS. The highest BCUT2D eigenvalue weighted by atomic mass is 32.1. The summed E-state index contributed by atoms with van der Waals surface area (Å²) in [6.45, 7) is 4.37. The molecule has 24 heavy (non-hydrogen) atoms. The second-order valence-corrected chi connectivity index (χ2v) is 7.02. The number of halogens is 1. The first-order valence-electron chi connectivity index (χ1n) is 7.99. The molecule has 2 aromatic carbocycles. The molecule has 0 unspecified atom stereocenters. The van der Waals surface area contributed by atoms with Crippen LogP contribution < -0.4 is 4.90 Å². The molecule has 0 atom stereocenters. The Hall–Kier alpha value is -2.18. The smallest absolute Gasteiger partial charge is 0.186 e. The predicted molar refractivity (Wildman–Crippen MR) is 95.2 cm³/mol. The Morgan fingerprint density at radius 2 is 1.88 bits per heavy atom. The van der Waals surface area contributed by atoms with Crippen molar-refractivity contribution < 1.29 is 9.50 Å². The van der Waals surface area contributed by atoms with Gasteiger partial charge in [0.1, 0.15) is 17.1 Å². The molecule has 1 aromatic heterocycles. The summed E-state index contributed by atoms with van der Waals surface area (Å²) in [4.78, 5) is 9.17. The lowest BCUT2D eigenvalue weighted by atomic mass is 10.2. The number of benzene rings is 2. The van der Waals surface area contributed by atoms with Gasteiger partial charge in [0, 0.05) is 32.7 Å². The number of thiazole rings is 1. The topological polar surface area (TPSA) is 39.6 Å². The van der Waals surface area contributed by atoms with Gasteiger partial charge < -0.3 is 10.0 Å². The van der Waals surface area contributed by atoms with Crippen molar-refractivity contribution >= 4 is 26.7 Å². The minimum atomic E-state index is -0.180. The summed E-state index contributed by atoms with van der Waals surface area (Å²) in [6.07, 6.45) is 0. The van der Waals surface area contributed by atoms with Gasteiger partial charge in [0.2, 0.25) is 0 Å². The van der Waals surface area contributed by atoms with E-state index in [1.807, 2.05) is 18.2 Å². The summed E-state index contributed by atoms with van der Waals surface area (Å²) in [5, 5.41) is 10.9. The molecule has 1 aliphatic heterocycles. The van der Waals surface area contributed by atoms with Crippen LogP contribution in [0.15, 0.2) is 42.5 Å². The van der Waals surface area contributed by atoms with Gasteiger partial charge in [0.15, 0.2) is 5.13 Å². The average molecular weight is 343 g/mol. The van der Waals surface area contributed by atoms with Gasteiger partial charge in [-0.2, -0.15) is 0 Å². The van der Waals surface area contributed by atoms with E-state index in [1.165, 1.54) is 6.07 Å². The maximum Gasteiger partial charge on any atom is 0.186 e. The van der Waals surface area contributed by atoms with Crippen LogP contribution in [0, 0.1) is 5.82 Å². The second kappa shape index (κ2) is 6.37. The third-order valence-corrected chi connectivity index (χ3v) is 5.41. The van der Waals surface area contributed by atoms with Crippen LogP contribution in [0.25, 0.3) is 10.2 Å². The third kappa shape index (κ3) is 3.07. The van der Waals surface area contributed by atoms with Gasteiger partial charge in [-0.15, -0.1) is 0 Å². The van der Waals surface area contributed by atoms with Crippen LogP contribution >= 0.6 is 11.3 Å². The van der Waals surface area contributed by atoms with Crippen molar-refractivity contribution in [1.82, 2.24) is 9.88 Å². The number of phenols is 1. The van der Waals surface area contributed by atoms with E-state index in [4.69, 9.17) is 0 Å². The van der Waals surface area contributed by atoms with E-state index < -0.39 is 0 Å². The van der Waals surface area contributed by atoms with Gasteiger partial charge in [0.25, 0.3) is 0 Å². The largest absolute Gasteiger partial charge is 0.506 e. The van der Waals surface area contributed by atoms with Crippen molar-refractivity contribution in [2.75, 3.05) is 31.1 Å². The number of rotatable bonds is 3. The monoisotopic (exact) mass is 343 g/mol. The Morgan fingerprint density at radius 1 is 1.08 bits per heavy atom. The molecule has 0 saturated carbocycles. The number of anilines is 1. The summed E-state index contributed by atoms with van der Waals surface area (Å²) in [6, 6.07) is 12.3. The second-order valence-electron chi connectivity index (χ2n) is 6.01. The average Bonchev–Trinajstić information content (AvgIpc) is 3.01. The van der Waals surface area contributed by atoms with Crippen LogP contribution in [0.4, 0.5) is 9.52 Å². The number of nitrogens with zero attached hydrogens (tertiary/aromatic N) is 3. The Kier molecular flexibility index (Phi) is 4.08. The molecule has 4 rings (SSSR count). The van der Waals surface area contributed by atoms with Crippen molar-refractivity contribution in [3.8, 4) is 5.75 Å². The summed E-state index contributed by atoms with van der Waals surface area (Å²) in [7, 11) is 0. The van der Waals surface area contributed by atoms with Gasteiger partial charge in [-0.3, -0.25) is 4.90 Å². The molecule has 124 valence electrons. The lowest BCUT2D eigenvalue weighted by Crippen LogP contribution is -2.45. The fourth-order valence-corrected chi connectivity index (χ4v) is 4.09. The van der Waals surface area contributed by atoms with Crippen molar-refractivity contribution in [3.05, 3.63) is 53.8 Å². The summed E-state index contributed by atoms with van der Waals surface area (Å²) in [5.41, 5.74) is 1.69. The zero-order valence-corrected chi connectivity index (χ0v) is 14.0. The van der Waals surface area contributed by atoms with Gasteiger partial charge in [0.05, 0.1) is 4.70 Å². The zero-order valence-electron chi connectivity index (χ0n) is 13.2. The molecule has 1 aliphatic rings. The highest BCUT2D eigenvalue weighted by Crippen LogP contribution is 2.33. The van der Waals surface area contributed by atoms with Crippen molar-refractivity contribution in [3.63, 3.8) is 0 Å². The summed E-state index contributed by atoms with van der Waals surface area (Å²) < 4.78 is 14.3. The number of phenolic OH excluding ortho intramolecular Hbond substituents is 1. The number of piperazine rings is 1. The van der Waals surface area contributed by atoms with Crippen molar-refractivity contribution in [2.45, 2.75) is 6.54 Å². The number of aromatic nitrogens is 1. The quantitative estimate of drug-likeness (QED) is 0.790. The molecule has 6 heteroatoms. The Bertz CT molecular complexity index is 858. The highest BCUT2D eigenvalue weighted by Gasteiger charge is 2.20. The van der Waals surface area contributed by atoms with Crippen molar-refractivity contribution in [1.29, 1.82) is 0 Å². The number of hydrogen-bond donors (Lipinski definition) is 1. The highest BCUT2D eigenvalue weighted by molar-refractivity contribution is 7.22.